The van der Waals surface area contributed by atoms with E-state index in [1.165, 1.54) is 0 Å². The van der Waals surface area contributed by atoms with Crippen LogP contribution in [0.15, 0.2) is 35.1 Å². The van der Waals surface area contributed by atoms with Crippen LogP contribution in [0.25, 0.3) is 11.3 Å². The Balaban J connectivity index is 2.57. The molecule has 1 heterocycles. The molecule has 2 rings (SSSR count). The lowest BCUT2D eigenvalue weighted by Crippen LogP contribution is -2.31. The molecule has 0 bridgehead atoms. The van der Waals surface area contributed by atoms with Crippen LogP contribution in [0, 0.1) is 6.92 Å². The second-order valence-corrected chi connectivity index (χ2v) is 3.88. The first kappa shape index (κ1) is 10.7. The van der Waals surface area contributed by atoms with Gasteiger partial charge in [0, 0.05) is 16.3 Å². The molecule has 0 saturated heterocycles. The lowest BCUT2D eigenvalue weighted by atomic mass is 10.1. The Morgan fingerprint density at radius 1 is 1.31 bits per heavy atom. The Morgan fingerprint density at radius 3 is 2.50 bits per heavy atom. The third kappa shape index (κ3) is 1.92. The summed E-state index contributed by atoms with van der Waals surface area (Å²) in [5.41, 5.74) is 1.63. The van der Waals surface area contributed by atoms with Crippen LogP contribution in [0.5, 0.6) is 0 Å². The molecule has 2 N–H and O–H groups in total. The number of benzene rings is 1. The number of rotatable bonds is 1. The van der Waals surface area contributed by atoms with Gasteiger partial charge in [0.15, 0.2) is 0 Å². The topological polar surface area (TPSA) is 60.9 Å². The average Bonchev–Trinajstić information content (AvgIpc) is 2.26. The van der Waals surface area contributed by atoms with E-state index in [9.17, 15) is 4.79 Å². The first-order valence-electron chi connectivity index (χ1n) is 4.69. The fourth-order valence-corrected chi connectivity index (χ4v) is 1.50. The molecule has 0 saturated carbocycles. The summed E-state index contributed by atoms with van der Waals surface area (Å²) in [6.45, 7) is 1.75. The van der Waals surface area contributed by atoms with E-state index in [0.717, 1.165) is 10.2 Å². The molecule has 82 valence electrons. The third-order valence-electron chi connectivity index (χ3n) is 2.29. The summed E-state index contributed by atoms with van der Waals surface area (Å²) >= 11 is 5.78. The van der Waals surface area contributed by atoms with Crippen LogP contribution >= 0.6 is 11.6 Å². The van der Waals surface area contributed by atoms with E-state index in [0.29, 0.717) is 16.4 Å². The van der Waals surface area contributed by atoms with Crippen molar-refractivity contribution in [3.05, 3.63) is 51.5 Å². The molecule has 0 unspecified atom stereocenters. The molecule has 0 aliphatic heterocycles. The normalized spacial score (nSPS) is 10.4. The zero-order chi connectivity index (χ0) is 11.7. The van der Waals surface area contributed by atoms with Crippen molar-refractivity contribution in [1.29, 1.82) is 0 Å². The maximum atomic E-state index is 11.4. The van der Waals surface area contributed by atoms with E-state index in [4.69, 9.17) is 17.4 Å². The Morgan fingerprint density at radius 2 is 1.94 bits per heavy atom. The zero-order valence-corrected chi connectivity index (χ0v) is 9.40. The summed E-state index contributed by atoms with van der Waals surface area (Å²) in [5.74, 6) is 5.47. The summed E-state index contributed by atoms with van der Waals surface area (Å²) < 4.78 is 1.01. The highest BCUT2D eigenvalue weighted by atomic mass is 35.5. The summed E-state index contributed by atoms with van der Waals surface area (Å²) in [5, 5.41) is 0.646. The van der Waals surface area contributed by atoms with Gasteiger partial charge in [-0.15, -0.1) is 0 Å². The van der Waals surface area contributed by atoms with Crippen LogP contribution in [0.4, 0.5) is 0 Å². The molecule has 1 aromatic heterocycles. The Kier molecular flexibility index (Phi) is 2.66. The summed E-state index contributed by atoms with van der Waals surface area (Å²) in [6.07, 6.45) is 0. The first-order chi connectivity index (χ1) is 7.58. The van der Waals surface area contributed by atoms with Crippen LogP contribution in [0.2, 0.25) is 5.02 Å². The van der Waals surface area contributed by atoms with Crippen LogP contribution in [0.3, 0.4) is 0 Å². The highest BCUT2D eigenvalue weighted by Crippen LogP contribution is 2.18. The quantitative estimate of drug-likeness (QED) is 0.764. The highest BCUT2D eigenvalue weighted by molar-refractivity contribution is 6.30. The average molecular weight is 236 g/mol. The minimum atomic E-state index is -0.468. The van der Waals surface area contributed by atoms with Crippen molar-refractivity contribution in [1.82, 2.24) is 9.66 Å². The van der Waals surface area contributed by atoms with E-state index < -0.39 is 5.69 Å². The van der Waals surface area contributed by atoms with Gasteiger partial charge in [0.05, 0.1) is 5.69 Å². The smallest absolute Gasteiger partial charge is 0.335 e. The second kappa shape index (κ2) is 3.98. The minimum absolute atomic E-state index is 0.468. The second-order valence-electron chi connectivity index (χ2n) is 3.44. The first-order valence-corrected chi connectivity index (χ1v) is 5.07. The fraction of sp³-hybridized carbons (Fsp3) is 0.0909. The largest absolute Gasteiger partial charge is 0.366 e. The number of hydrogen-bond donors (Lipinski definition) is 1. The van der Waals surface area contributed by atoms with Crippen molar-refractivity contribution in [2.24, 2.45) is 0 Å². The van der Waals surface area contributed by atoms with E-state index in [2.05, 4.69) is 4.98 Å². The number of hydrogen-bond acceptors (Lipinski definition) is 3. The number of nitrogens with two attached hydrogens (primary N) is 1. The predicted octanol–water partition coefficient (Wildman–Crippen LogP) is 1.59. The predicted molar refractivity (Wildman–Crippen MR) is 63.8 cm³/mol. The molecule has 16 heavy (non-hydrogen) atoms. The number of halogens is 1. The lowest BCUT2D eigenvalue weighted by Gasteiger charge is -2.05. The molecule has 0 atom stereocenters. The van der Waals surface area contributed by atoms with Gasteiger partial charge in [0.2, 0.25) is 0 Å². The standard InChI is InChI=1S/C11H10ClN3O/c1-7-6-10(14-11(16)15(7)13)8-2-4-9(12)5-3-8/h2-6H,13H2,1H3. The SMILES string of the molecule is Cc1cc(-c2ccc(Cl)cc2)nc(=O)n1N. The van der Waals surface area contributed by atoms with Crippen LogP contribution in [0.1, 0.15) is 5.69 Å². The van der Waals surface area contributed by atoms with Gasteiger partial charge in [-0.3, -0.25) is 0 Å². The van der Waals surface area contributed by atoms with Gasteiger partial charge in [0.25, 0.3) is 0 Å². The van der Waals surface area contributed by atoms with Gasteiger partial charge in [-0.25, -0.2) is 9.47 Å². The molecule has 0 aliphatic rings. The van der Waals surface area contributed by atoms with Gasteiger partial charge >= 0.3 is 5.69 Å². The van der Waals surface area contributed by atoms with Crippen LogP contribution < -0.4 is 11.5 Å². The van der Waals surface area contributed by atoms with E-state index in [1.54, 1.807) is 25.1 Å². The van der Waals surface area contributed by atoms with Crippen molar-refractivity contribution in [2.45, 2.75) is 6.92 Å². The summed E-state index contributed by atoms with van der Waals surface area (Å²) in [7, 11) is 0. The van der Waals surface area contributed by atoms with Gasteiger partial charge < -0.3 is 5.84 Å². The molecular formula is C11H10ClN3O. The Hall–Kier alpha value is -1.81. The molecular weight excluding hydrogens is 226 g/mol. The fourth-order valence-electron chi connectivity index (χ4n) is 1.38. The Bertz CT molecular complexity index is 575. The van der Waals surface area contributed by atoms with Gasteiger partial charge in [-0.2, -0.15) is 4.98 Å². The van der Waals surface area contributed by atoms with E-state index >= 15 is 0 Å². The van der Waals surface area contributed by atoms with Crippen LogP contribution in [-0.4, -0.2) is 9.66 Å². The molecule has 4 nitrogen and oxygen atoms in total. The molecule has 0 spiro atoms. The molecule has 5 heteroatoms. The Labute approximate surface area is 97.3 Å². The molecule has 0 aliphatic carbocycles. The molecule has 0 fully saturated rings. The highest BCUT2D eigenvalue weighted by Gasteiger charge is 2.04. The van der Waals surface area contributed by atoms with Crippen molar-refractivity contribution < 1.29 is 0 Å². The molecule has 1 aromatic carbocycles. The van der Waals surface area contributed by atoms with Crippen molar-refractivity contribution in [3.63, 3.8) is 0 Å². The van der Waals surface area contributed by atoms with E-state index in [-0.39, 0.29) is 0 Å². The number of nitrogen functional groups attached to an aromatic ring is 1. The van der Waals surface area contributed by atoms with Gasteiger partial charge in [-0.05, 0) is 25.1 Å². The van der Waals surface area contributed by atoms with Crippen molar-refractivity contribution in [3.8, 4) is 11.3 Å². The van der Waals surface area contributed by atoms with Gasteiger partial charge in [-0.1, -0.05) is 23.7 Å². The zero-order valence-electron chi connectivity index (χ0n) is 8.64. The number of aryl methyl sites for hydroxylation is 1. The maximum Gasteiger partial charge on any atom is 0.366 e. The van der Waals surface area contributed by atoms with Crippen molar-refractivity contribution >= 4 is 11.6 Å². The lowest BCUT2D eigenvalue weighted by molar-refractivity contribution is 0.834. The van der Waals surface area contributed by atoms with Gasteiger partial charge in [0.1, 0.15) is 0 Å². The monoisotopic (exact) mass is 235 g/mol. The summed E-state index contributed by atoms with van der Waals surface area (Å²) in [4.78, 5) is 15.3. The van der Waals surface area contributed by atoms with Crippen molar-refractivity contribution in [2.75, 3.05) is 5.84 Å². The van der Waals surface area contributed by atoms with E-state index in [1.807, 2.05) is 12.1 Å². The minimum Gasteiger partial charge on any atom is -0.335 e. The molecule has 0 amide bonds. The molecule has 2 aromatic rings. The number of nitrogens with zero attached hydrogens (tertiary/aromatic N) is 2. The maximum absolute atomic E-state index is 11.4. The van der Waals surface area contributed by atoms with Crippen LogP contribution in [-0.2, 0) is 0 Å². The third-order valence-corrected chi connectivity index (χ3v) is 2.54. The molecule has 0 radical (unpaired) electrons. The summed E-state index contributed by atoms with van der Waals surface area (Å²) in [6, 6.07) is 8.88. The number of aromatic nitrogens is 2.